The Morgan fingerprint density at radius 1 is 1.33 bits per heavy atom. The molecule has 0 saturated heterocycles. The van der Waals surface area contributed by atoms with Crippen LogP contribution in [0.4, 0.5) is 0 Å². The lowest BCUT2D eigenvalue weighted by atomic mass is 10.2. The van der Waals surface area contributed by atoms with Crippen molar-refractivity contribution in [3.63, 3.8) is 0 Å². The second-order valence-electron chi connectivity index (χ2n) is 4.25. The monoisotopic (exact) mass is 293 g/mol. The lowest BCUT2D eigenvalue weighted by molar-refractivity contribution is -0.143. The van der Waals surface area contributed by atoms with E-state index < -0.39 is 11.7 Å². The number of aromatic nitrogens is 1. The Hall–Kier alpha value is -2.57. The van der Waals surface area contributed by atoms with Gasteiger partial charge >= 0.3 is 17.7 Å². The van der Waals surface area contributed by atoms with Crippen LogP contribution in [0.2, 0.25) is 0 Å². The van der Waals surface area contributed by atoms with Crippen LogP contribution in [0.15, 0.2) is 27.4 Å². The first-order valence-electron chi connectivity index (χ1n) is 6.44. The van der Waals surface area contributed by atoms with E-state index in [1.807, 2.05) is 0 Å². The lowest BCUT2D eigenvalue weighted by Crippen LogP contribution is -2.17. The van der Waals surface area contributed by atoms with Crippen molar-refractivity contribution in [3.05, 3.63) is 34.3 Å². The first-order valence-corrected chi connectivity index (χ1v) is 6.44. The number of nitrogens with zero attached hydrogens (tertiary/aromatic N) is 1. The zero-order chi connectivity index (χ0) is 15.4. The number of rotatable bonds is 5. The molecule has 112 valence electrons. The quantitative estimate of drug-likeness (QED) is 0.773. The predicted octanol–water partition coefficient (Wildman–Crippen LogP) is 1.33. The minimum absolute atomic E-state index is 0.0706. The first kappa shape index (κ1) is 14.8. The van der Waals surface area contributed by atoms with Crippen molar-refractivity contribution in [1.29, 1.82) is 0 Å². The van der Waals surface area contributed by atoms with E-state index >= 15 is 0 Å². The van der Waals surface area contributed by atoms with Crippen LogP contribution in [0, 0.1) is 0 Å². The molecule has 0 fully saturated rings. The summed E-state index contributed by atoms with van der Waals surface area (Å²) in [5, 5.41) is 0. The Labute approximate surface area is 120 Å². The molecule has 0 aliphatic rings. The van der Waals surface area contributed by atoms with Crippen molar-refractivity contribution in [2.45, 2.75) is 19.9 Å². The molecule has 2 aromatic rings. The molecular weight excluding hydrogens is 278 g/mol. The van der Waals surface area contributed by atoms with Crippen molar-refractivity contribution in [2.24, 2.45) is 0 Å². The first-order chi connectivity index (χ1) is 10.1. The molecule has 7 heteroatoms. The SMILES string of the molecule is CCOC(=O)CCn1c(=O)oc2cc(C(=O)OC)ccc21. The Balaban J connectivity index is 2.29. The molecule has 2 rings (SSSR count). The van der Waals surface area contributed by atoms with E-state index in [9.17, 15) is 14.4 Å². The number of carbonyl (C=O) groups is 2. The molecule has 0 amide bonds. The Bertz CT molecular complexity index is 727. The van der Waals surface area contributed by atoms with E-state index in [1.54, 1.807) is 13.0 Å². The molecular formula is C14H15NO6. The predicted molar refractivity (Wildman–Crippen MR) is 73.1 cm³/mol. The van der Waals surface area contributed by atoms with Gasteiger partial charge in [-0.3, -0.25) is 9.36 Å². The molecule has 1 aromatic carbocycles. The Morgan fingerprint density at radius 3 is 2.76 bits per heavy atom. The molecule has 0 saturated carbocycles. The minimum Gasteiger partial charge on any atom is -0.466 e. The summed E-state index contributed by atoms with van der Waals surface area (Å²) in [6, 6.07) is 4.55. The fourth-order valence-corrected chi connectivity index (χ4v) is 1.96. The number of hydrogen-bond donors (Lipinski definition) is 0. The van der Waals surface area contributed by atoms with Crippen LogP contribution in [0.3, 0.4) is 0 Å². The second-order valence-corrected chi connectivity index (χ2v) is 4.25. The topological polar surface area (TPSA) is 87.7 Å². The maximum atomic E-state index is 11.8. The molecule has 1 aromatic heterocycles. The Kier molecular flexibility index (Phi) is 4.42. The van der Waals surface area contributed by atoms with Crippen LogP contribution < -0.4 is 5.76 Å². The van der Waals surface area contributed by atoms with Gasteiger partial charge in [0, 0.05) is 6.54 Å². The summed E-state index contributed by atoms with van der Waals surface area (Å²) < 4.78 is 15.8. The molecule has 0 bridgehead atoms. The van der Waals surface area contributed by atoms with Gasteiger partial charge in [-0.2, -0.15) is 0 Å². The van der Waals surface area contributed by atoms with E-state index in [2.05, 4.69) is 4.74 Å². The second kappa shape index (κ2) is 6.25. The normalized spacial score (nSPS) is 10.6. The molecule has 0 N–H and O–H groups in total. The largest absolute Gasteiger partial charge is 0.466 e. The highest BCUT2D eigenvalue weighted by Gasteiger charge is 2.14. The standard InChI is InChI=1S/C14H15NO6/c1-3-20-12(16)6-7-15-10-5-4-9(13(17)19-2)8-11(10)21-14(15)18/h4-5,8H,3,6-7H2,1-2H3. The molecule has 0 aliphatic carbocycles. The maximum Gasteiger partial charge on any atom is 0.419 e. The summed E-state index contributed by atoms with van der Waals surface area (Å²) >= 11 is 0. The summed E-state index contributed by atoms with van der Waals surface area (Å²) in [4.78, 5) is 34.6. The van der Waals surface area contributed by atoms with Gasteiger partial charge in [0.1, 0.15) is 0 Å². The van der Waals surface area contributed by atoms with Crippen LogP contribution >= 0.6 is 0 Å². The number of ether oxygens (including phenoxy) is 2. The fraction of sp³-hybridized carbons (Fsp3) is 0.357. The highest BCUT2D eigenvalue weighted by molar-refractivity contribution is 5.93. The van der Waals surface area contributed by atoms with Gasteiger partial charge in [-0.05, 0) is 25.1 Å². The van der Waals surface area contributed by atoms with Crippen LogP contribution in [0.25, 0.3) is 11.1 Å². The van der Waals surface area contributed by atoms with Gasteiger partial charge in [-0.25, -0.2) is 9.59 Å². The van der Waals surface area contributed by atoms with E-state index in [-0.39, 0.29) is 30.1 Å². The third-order valence-corrected chi connectivity index (χ3v) is 2.93. The van der Waals surface area contributed by atoms with Crippen molar-refractivity contribution in [2.75, 3.05) is 13.7 Å². The highest BCUT2D eigenvalue weighted by atomic mass is 16.5. The van der Waals surface area contributed by atoms with Crippen molar-refractivity contribution >= 4 is 23.0 Å². The van der Waals surface area contributed by atoms with Crippen molar-refractivity contribution in [3.8, 4) is 0 Å². The molecule has 21 heavy (non-hydrogen) atoms. The molecule has 0 aliphatic heterocycles. The average molecular weight is 293 g/mol. The summed E-state index contributed by atoms with van der Waals surface area (Å²) in [5.41, 5.74) is 1.07. The van der Waals surface area contributed by atoms with E-state index in [0.29, 0.717) is 12.1 Å². The van der Waals surface area contributed by atoms with Gasteiger partial charge < -0.3 is 13.9 Å². The van der Waals surface area contributed by atoms with Crippen LogP contribution in [-0.2, 0) is 20.8 Å². The minimum atomic E-state index is -0.587. The molecule has 0 unspecified atom stereocenters. The number of methoxy groups -OCH3 is 1. The summed E-state index contributed by atoms with van der Waals surface area (Å²) in [5.74, 6) is -1.49. The number of aryl methyl sites for hydroxylation is 1. The number of esters is 2. The molecule has 7 nitrogen and oxygen atoms in total. The molecule has 0 atom stereocenters. The maximum absolute atomic E-state index is 11.8. The highest BCUT2D eigenvalue weighted by Crippen LogP contribution is 2.16. The van der Waals surface area contributed by atoms with Crippen molar-refractivity contribution < 1.29 is 23.5 Å². The van der Waals surface area contributed by atoms with Crippen LogP contribution in [-0.4, -0.2) is 30.2 Å². The van der Waals surface area contributed by atoms with Gasteiger partial charge in [0.2, 0.25) is 0 Å². The third kappa shape index (κ3) is 3.13. The van der Waals surface area contributed by atoms with Gasteiger partial charge in [0.25, 0.3) is 0 Å². The number of oxazole rings is 1. The third-order valence-electron chi connectivity index (χ3n) is 2.93. The summed E-state index contributed by atoms with van der Waals surface area (Å²) in [6.45, 7) is 2.16. The van der Waals surface area contributed by atoms with Crippen molar-refractivity contribution in [1.82, 2.24) is 4.57 Å². The number of hydrogen-bond acceptors (Lipinski definition) is 6. The summed E-state index contributed by atoms with van der Waals surface area (Å²) in [6.07, 6.45) is 0.0706. The van der Waals surface area contributed by atoms with Gasteiger partial charge in [0.05, 0.1) is 31.2 Å². The number of benzene rings is 1. The van der Waals surface area contributed by atoms with E-state index in [0.717, 1.165) is 0 Å². The van der Waals surface area contributed by atoms with Crippen LogP contribution in [0.1, 0.15) is 23.7 Å². The molecule has 0 spiro atoms. The number of fused-ring (bicyclic) bond motifs is 1. The lowest BCUT2D eigenvalue weighted by Gasteiger charge is -2.03. The average Bonchev–Trinajstić information content (AvgIpc) is 2.79. The molecule has 1 heterocycles. The smallest absolute Gasteiger partial charge is 0.419 e. The van der Waals surface area contributed by atoms with Gasteiger partial charge in [0.15, 0.2) is 5.58 Å². The fourth-order valence-electron chi connectivity index (χ4n) is 1.96. The van der Waals surface area contributed by atoms with E-state index in [4.69, 9.17) is 9.15 Å². The van der Waals surface area contributed by atoms with E-state index in [1.165, 1.54) is 23.8 Å². The van der Waals surface area contributed by atoms with Crippen LogP contribution in [0.5, 0.6) is 0 Å². The van der Waals surface area contributed by atoms with Gasteiger partial charge in [-0.1, -0.05) is 0 Å². The zero-order valence-electron chi connectivity index (χ0n) is 11.8. The van der Waals surface area contributed by atoms with Gasteiger partial charge in [-0.15, -0.1) is 0 Å². The Morgan fingerprint density at radius 2 is 2.10 bits per heavy atom. The molecule has 0 radical (unpaired) electrons. The zero-order valence-corrected chi connectivity index (χ0v) is 11.8. The summed E-state index contributed by atoms with van der Waals surface area (Å²) in [7, 11) is 1.27. The number of carbonyl (C=O) groups excluding carboxylic acids is 2.